The van der Waals surface area contributed by atoms with Crippen LogP contribution < -0.4 is 0 Å². The van der Waals surface area contributed by atoms with E-state index in [0.29, 0.717) is 0 Å². The number of aromatic nitrogens is 3. The van der Waals surface area contributed by atoms with Gasteiger partial charge in [-0.15, -0.1) is 10.2 Å². The molecule has 4 heteroatoms. The van der Waals surface area contributed by atoms with Crippen molar-refractivity contribution >= 4 is 11.8 Å². The van der Waals surface area contributed by atoms with E-state index < -0.39 is 0 Å². The van der Waals surface area contributed by atoms with Crippen molar-refractivity contribution < 1.29 is 0 Å². The number of rotatable bonds is 5. The lowest BCUT2D eigenvalue weighted by molar-refractivity contribution is 0.793. The fraction of sp³-hybridized carbons (Fsp3) is 0.176. The maximum Gasteiger partial charge on any atom is 0.191 e. The molecule has 0 atom stereocenters. The number of hydrogen-bond acceptors (Lipinski definition) is 3. The summed E-state index contributed by atoms with van der Waals surface area (Å²) in [4.78, 5) is 0. The first-order valence-corrected chi connectivity index (χ1v) is 7.94. The highest BCUT2D eigenvalue weighted by molar-refractivity contribution is 7.99. The van der Waals surface area contributed by atoms with Crippen molar-refractivity contribution in [2.45, 2.75) is 11.6 Å². The van der Waals surface area contributed by atoms with Gasteiger partial charge >= 0.3 is 0 Å². The first kappa shape index (κ1) is 13.9. The molecule has 0 unspecified atom stereocenters. The maximum absolute atomic E-state index is 4.30. The fourth-order valence-electron chi connectivity index (χ4n) is 2.18. The van der Waals surface area contributed by atoms with Crippen LogP contribution in [0.25, 0.3) is 11.4 Å². The Balaban J connectivity index is 1.66. The van der Waals surface area contributed by atoms with E-state index in [-0.39, 0.29) is 0 Å². The number of hydrogen-bond donors (Lipinski definition) is 0. The smallest absolute Gasteiger partial charge is 0.191 e. The zero-order chi connectivity index (χ0) is 14.5. The molecular formula is C17H17N3S. The van der Waals surface area contributed by atoms with Gasteiger partial charge in [0, 0.05) is 18.4 Å². The first-order valence-electron chi connectivity index (χ1n) is 6.96. The van der Waals surface area contributed by atoms with Crippen molar-refractivity contribution in [3.05, 3.63) is 66.2 Å². The number of benzene rings is 2. The van der Waals surface area contributed by atoms with Gasteiger partial charge in [-0.25, -0.2) is 0 Å². The van der Waals surface area contributed by atoms with Gasteiger partial charge in [0.15, 0.2) is 11.0 Å². The Morgan fingerprint density at radius 2 is 1.57 bits per heavy atom. The van der Waals surface area contributed by atoms with E-state index in [1.165, 1.54) is 5.56 Å². The predicted octanol–water partition coefficient (Wildman–Crippen LogP) is 3.82. The molecule has 1 heterocycles. The Morgan fingerprint density at radius 3 is 2.29 bits per heavy atom. The summed E-state index contributed by atoms with van der Waals surface area (Å²) in [6.45, 7) is 0. The zero-order valence-corrected chi connectivity index (χ0v) is 12.8. The quantitative estimate of drug-likeness (QED) is 0.670. The Labute approximate surface area is 129 Å². The number of aryl methyl sites for hydroxylation is 1. The van der Waals surface area contributed by atoms with Gasteiger partial charge in [-0.1, -0.05) is 72.4 Å². The molecule has 21 heavy (non-hydrogen) atoms. The van der Waals surface area contributed by atoms with Crippen LogP contribution >= 0.6 is 11.8 Å². The van der Waals surface area contributed by atoms with Gasteiger partial charge in [-0.05, 0) is 12.0 Å². The third-order valence-corrected chi connectivity index (χ3v) is 4.35. The molecule has 0 aliphatic heterocycles. The summed E-state index contributed by atoms with van der Waals surface area (Å²) in [6, 6.07) is 20.7. The summed E-state index contributed by atoms with van der Waals surface area (Å²) in [5.74, 6) is 1.92. The Morgan fingerprint density at radius 1 is 0.905 bits per heavy atom. The van der Waals surface area contributed by atoms with Crippen LogP contribution in [0.4, 0.5) is 0 Å². The molecule has 2 aromatic carbocycles. The lowest BCUT2D eigenvalue weighted by Crippen LogP contribution is -1.96. The molecule has 3 aromatic rings. The van der Waals surface area contributed by atoms with E-state index in [1.54, 1.807) is 11.8 Å². The molecule has 0 saturated heterocycles. The Bertz CT molecular complexity index is 693. The van der Waals surface area contributed by atoms with Crippen LogP contribution in [0.5, 0.6) is 0 Å². The van der Waals surface area contributed by atoms with Crippen molar-refractivity contribution in [1.29, 1.82) is 0 Å². The fourth-order valence-corrected chi connectivity index (χ4v) is 3.08. The number of thioether (sulfide) groups is 1. The minimum atomic E-state index is 0.915. The van der Waals surface area contributed by atoms with E-state index in [4.69, 9.17) is 0 Å². The molecule has 0 spiro atoms. The molecule has 0 N–H and O–H groups in total. The second-order valence-electron chi connectivity index (χ2n) is 4.82. The van der Waals surface area contributed by atoms with Gasteiger partial charge in [0.25, 0.3) is 0 Å². The maximum atomic E-state index is 4.30. The normalized spacial score (nSPS) is 10.7. The standard InChI is InChI=1S/C17H17N3S/c1-20-16(15-10-6-3-7-11-15)18-19-17(20)21-13-12-14-8-4-2-5-9-14/h2-11H,12-13H2,1H3. The largest absolute Gasteiger partial charge is 0.305 e. The SMILES string of the molecule is Cn1c(SCCc2ccccc2)nnc1-c1ccccc1. The lowest BCUT2D eigenvalue weighted by atomic mass is 10.2. The molecule has 0 bridgehead atoms. The minimum absolute atomic E-state index is 0.915. The first-order chi connectivity index (χ1) is 10.3. The molecule has 0 saturated carbocycles. The van der Waals surface area contributed by atoms with Crippen LogP contribution in [0.3, 0.4) is 0 Å². The monoisotopic (exact) mass is 295 g/mol. The molecule has 0 amide bonds. The molecular weight excluding hydrogens is 278 g/mol. The van der Waals surface area contributed by atoms with Crippen molar-refractivity contribution in [3.63, 3.8) is 0 Å². The van der Waals surface area contributed by atoms with Crippen LogP contribution in [-0.2, 0) is 13.5 Å². The van der Waals surface area contributed by atoms with E-state index in [2.05, 4.69) is 51.2 Å². The van der Waals surface area contributed by atoms with Gasteiger partial charge in [0.05, 0.1) is 0 Å². The van der Waals surface area contributed by atoms with Gasteiger partial charge in [0.2, 0.25) is 0 Å². The van der Waals surface area contributed by atoms with Crippen LogP contribution in [0.15, 0.2) is 65.8 Å². The summed E-state index contributed by atoms with van der Waals surface area (Å²) < 4.78 is 2.06. The van der Waals surface area contributed by atoms with E-state index >= 15 is 0 Å². The Hall–Kier alpha value is -2.07. The second-order valence-corrected chi connectivity index (χ2v) is 5.88. The molecule has 3 rings (SSSR count). The van der Waals surface area contributed by atoms with Crippen molar-refractivity contribution in [2.75, 3.05) is 5.75 Å². The van der Waals surface area contributed by atoms with Gasteiger partial charge < -0.3 is 4.57 Å². The molecule has 0 aliphatic carbocycles. The third kappa shape index (κ3) is 3.34. The average molecular weight is 295 g/mol. The van der Waals surface area contributed by atoms with E-state index in [0.717, 1.165) is 28.7 Å². The molecule has 0 radical (unpaired) electrons. The Kier molecular flexibility index (Phi) is 4.36. The molecule has 0 aliphatic rings. The van der Waals surface area contributed by atoms with Gasteiger partial charge in [-0.3, -0.25) is 0 Å². The van der Waals surface area contributed by atoms with Crippen molar-refractivity contribution in [1.82, 2.24) is 14.8 Å². The molecule has 106 valence electrons. The lowest BCUT2D eigenvalue weighted by Gasteiger charge is -2.04. The minimum Gasteiger partial charge on any atom is -0.305 e. The zero-order valence-electron chi connectivity index (χ0n) is 11.9. The van der Waals surface area contributed by atoms with E-state index in [1.807, 2.05) is 31.3 Å². The highest BCUT2D eigenvalue weighted by Crippen LogP contribution is 2.22. The van der Waals surface area contributed by atoms with Gasteiger partial charge in [-0.2, -0.15) is 0 Å². The van der Waals surface area contributed by atoms with E-state index in [9.17, 15) is 0 Å². The molecule has 3 nitrogen and oxygen atoms in total. The highest BCUT2D eigenvalue weighted by Gasteiger charge is 2.10. The summed E-state index contributed by atoms with van der Waals surface area (Å²) in [6.07, 6.45) is 1.04. The third-order valence-electron chi connectivity index (χ3n) is 3.33. The summed E-state index contributed by atoms with van der Waals surface area (Å²) in [5.41, 5.74) is 2.46. The van der Waals surface area contributed by atoms with Crippen molar-refractivity contribution in [3.8, 4) is 11.4 Å². The number of nitrogens with zero attached hydrogens (tertiary/aromatic N) is 3. The van der Waals surface area contributed by atoms with Crippen LogP contribution in [0, 0.1) is 0 Å². The summed E-state index contributed by atoms with van der Waals surface area (Å²) >= 11 is 1.75. The topological polar surface area (TPSA) is 30.7 Å². The molecule has 0 fully saturated rings. The van der Waals surface area contributed by atoms with Crippen molar-refractivity contribution in [2.24, 2.45) is 7.05 Å². The van der Waals surface area contributed by atoms with Crippen LogP contribution in [0.2, 0.25) is 0 Å². The van der Waals surface area contributed by atoms with Crippen LogP contribution in [0.1, 0.15) is 5.56 Å². The predicted molar refractivity (Wildman–Crippen MR) is 87.3 cm³/mol. The average Bonchev–Trinajstić information content (AvgIpc) is 2.90. The van der Waals surface area contributed by atoms with Gasteiger partial charge in [0.1, 0.15) is 0 Å². The van der Waals surface area contributed by atoms with Crippen LogP contribution in [-0.4, -0.2) is 20.5 Å². The molecule has 1 aromatic heterocycles. The second kappa shape index (κ2) is 6.59. The highest BCUT2D eigenvalue weighted by atomic mass is 32.2. The summed E-state index contributed by atoms with van der Waals surface area (Å²) in [7, 11) is 2.02. The summed E-state index contributed by atoms with van der Waals surface area (Å²) in [5, 5.41) is 9.57.